The lowest BCUT2D eigenvalue weighted by Gasteiger charge is -2.47. The summed E-state index contributed by atoms with van der Waals surface area (Å²) in [6.07, 6.45) is 1.85. The van der Waals surface area contributed by atoms with E-state index < -0.39 is 17.9 Å². The van der Waals surface area contributed by atoms with Crippen molar-refractivity contribution in [2.75, 3.05) is 46.3 Å². The maximum atomic E-state index is 13.3. The average Bonchev–Trinajstić information content (AvgIpc) is 3.64. The van der Waals surface area contributed by atoms with Crippen LogP contribution in [0.15, 0.2) is 16.9 Å². The molecule has 0 saturated carbocycles. The number of tetrazole rings is 1. The molecule has 18 heteroatoms. The van der Waals surface area contributed by atoms with Gasteiger partial charge in [-0.3, -0.25) is 19.2 Å². The van der Waals surface area contributed by atoms with Crippen LogP contribution in [0.2, 0.25) is 0 Å². The summed E-state index contributed by atoms with van der Waals surface area (Å²) in [5.74, 6) is -3.04. The fraction of sp³-hybridized carbons (Fsp3) is 0.680. The van der Waals surface area contributed by atoms with E-state index in [1.54, 1.807) is 6.92 Å². The van der Waals surface area contributed by atoms with Crippen LogP contribution in [0.5, 0.6) is 0 Å². The van der Waals surface area contributed by atoms with Gasteiger partial charge in [-0.05, 0) is 23.8 Å². The first-order chi connectivity index (χ1) is 19.9. The van der Waals surface area contributed by atoms with Crippen molar-refractivity contribution < 1.29 is 57.5 Å². The first kappa shape index (κ1) is 33.1. The number of aliphatic carboxylic acids is 1. The fourth-order valence-electron chi connectivity index (χ4n) is 6.57. The molecular formula is C25H37IN10O6S. The molecule has 4 aliphatic rings. The third-order valence-corrected chi connectivity index (χ3v) is 10.3. The molecule has 0 aromatic carbocycles. The molecule has 3 saturated heterocycles. The zero-order valence-electron chi connectivity index (χ0n) is 24.2. The van der Waals surface area contributed by atoms with Crippen LogP contribution in [0.1, 0.15) is 20.3 Å². The number of fused-ring (bicyclic) bond motifs is 1. The molecule has 5 N–H and O–H groups in total. The van der Waals surface area contributed by atoms with Crippen molar-refractivity contribution in [1.29, 1.82) is 0 Å². The summed E-state index contributed by atoms with van der Waals surface area (Å²) in [4.78, 5) is 66.4. The minimum atomic E-state index is -1.17. The molecule has 16 nitrogen and oxygen atoms in total. The van der Waals surface area contributed by atoms with Crippen LogP contribution in [0.4, 0.5) is 0 Å². The normalized spacial score (nSPS) is 28.5. The molecule has 6 atom stereocenters. The number of carbonyl (C=O) groups excluding carboxylic acids is 4. The molecule has 0 spiro atoms. The van der Waals surface area contributed by atoms with Crippen LogP contribution in [-0.2, 0) is 30.5 Å². The summed E-state index contributed by atoms with van der Waals surface area (Å²) in [5.41, 5.74) is 5.37. The maximum absolute atomic E-state index is 13.3. The molecule has 4 amide bonds. The number of aromatic nitrogens is 4. The summed E-state index contributed by atoms with van der Waals surface area (Å²) in [7, 11) is 1.97. The molecule has 1 aromatic heterocycles. The van der Waals surface area contributed by atoms with Crippen LogP contribution in [0.3, 0.4) is 0 Å². The van der Waals surface area contributed by atoms with Crippen molar-refractivity contribution in [1.82, 2.24) is 40.6 Å². The van der Waals surface area contributed by atoms with Crippen LogP contribution in [0, 0.1) is 11.8 Å². The topological polar surface area (TPSA) is 206 Å². The third-order valence-electron chi connectivity index (χ3n) is 8.77. The zero-order chi connectivity index (χ0) is 30.3. The minimum Gasteiger partial charge on any atom is -1.00 e. The Bertz CT molecular complexity index is 1300. The van der Waals surface area contributed by atoms with E-state index in [0.717, 1.165) is 0 Å². The first-order valence-corrected chi connectivity index (χ1v) is 14.9. The highest BCUT2D eigenvalue weighted by Crippen LogP contribution is 2.51. The van der Waals surface area contributed by atoms with Gasteiger partial charge in [-0.25, -0.2) is 9.48 Å². The van der Waals surface area contributed by atoms with E-state index in [-0.39, 0.29) is 89.6 Å². The molecule has 1 aromatic rings. The highest BCUT2D eigenvalue weighted by molar-refractivity contribution is 8.03. The molecule has 3 fully saturated rings. The Morgan fingerprint density at radius 2 is 1.98 bits per heavy atom. The summed E-state index contributed by atoms with van der Waals surface area (Å²) < 4.78 is 1.78. The van der Waals surface area contributed by atoms with Gasteiger partial charge in [0.2, 0.25) is 17.7 Å². The van der Waals surface area contributed by atoms with Crippen LogP contribution < -0.4 is 40.3 Å². The second-order valence-electron chi connectivity index (χ2n) is 11.8. The van der Waals surface area contributed by atoms with Gasteiger partial charge in [-0.15, -0.1) is 16.9 Å². The number of halogens is 1. The number of β-lactam (4-membered cyclic amide) rings is 1. The fourth-order valence-corrected chi connectivity index (χ4v) is 8.05. The second-order valence-corrected chi connectivity index (χ2v) is 13.2. The number of hydrogen-bond acceptors (Lipinski definition) is 10. The van der Waals surface area contributed by atoms with E-state index in [2.05, 4.69) is 26.2 Å². The van der Waals surface area contributed by atoms with Gasteiger partial charge in [0, 0.05) is 28.7 Å². The number of piperazine rings is 1. The number of hydrogen-bond donors (Lipinski definition) is 4. The molecular weight excluding hydrogens is 695 g/mol. The van der Waals surface area contributed by atoms with E-state index in [0.29, 0.717) is 48.5 Å². The molecule has 4 aliphatic heterocycles. The van der Waals surface area contributed by atoms with Crippen molar-refractivity contribution in [3.8, 4) is 0 Å². The van der Waals surface area contributed by atoms with Gasteiger partial charge in [-0.2, -0.15) is 0 Å². The van der Waals surface area contributed by atoms with Crippen molar-refractivity contribution in [3.05, 3.63) is 16.9 Å². The number of primary amides is 1. The van der Waals surface area contributed by atoms with Crippen molar-refractivity contribution in [2.45, 2.75) is 50.2 Å². The number of carboxylic acid groups (broad SMARTS) is 1. The molecule has 0 radical (unpaired) electrons. The van der Waals surface area contributed by atoms with E-state index >= 15 is 0 Å². The smallest absolute Gasteiger partial charge is 0.353 e. The summed E-state index contributed by atoms with van der Waals surface area (Å²) in [5, 5.41) is 26.8. The SMILES string of the molecule is C[C@@H](NC(=O)Cn1cnnn1)[C@H]1C(=O)N2C(C(=O)O)=C(S[C@@H]3CN[C@H](C(=O)N4CC[N+](C)(CC(N)=O)CC4)C3)[C@H](C)[C@H]12.[I-]. The number of carbonyl (C=O) groups is 5. The van der Waals surface area contributed by atoms with Crippen molar-refractivity contribution in [3.63, 3.8) is 0 Å². The Morgan fingerprint density at radius 1 is 1.28 bits per heavy atom. The number of nitrogens with one attached hydrogen (secondary N) is 2. The Kier molecular flexibility index (Phi) is 10.0. The molecule has 0 aliphatic carbocycles. The zero-order valence-corrected chi connectivity index (χ0v) is 27.2. The van der Waals surface area contributed by atoms with Gasteiger partial charge in [0.05, 0.1) is 51.2 Å². The van der Waals surface area contributed by atoms with E-state index in [4.69, 9.17) is 5.73 Å². The number of nitrogens with two attached hydrogens (primary N) is 1. The lowest BCUT2D eigenvalue weighted by atomic mass is 9.78. The summed E-state index contributed by atoms with van der Waals surface area (Å²) in [6, 6.07) is -1.29. The Hall–Kier alpha value is -2.84. The van der Waals surface area contributed by atoms with Gasteiger partial charge in [0.25, 0.3) is 5.91 Å². The highest BCUT2D eigenvalue weighted by atomic mass is 127. The lowest BCUT2D eigenvalue weighted by Crippen LogP contribution is -3.00. The number of rotatable bonds is 10. The largest absolute Gasteiger partial charge is 1.00 e. The molecule has 5 rings (SSSR count). The van der Waals surface area contributed by atoms with Crippen molar-refractivity contribution >= 4 is 41.4 Å². The van der Waals surface area contributed by atoms with E-state index in [1.807, 2.05) is 18.9 Å². The molecule has 0 bridgehead atoms. The van der Waals surface area contributed by atoms with Crippen LogP contribution in [-0.4, -0.2) is 139 Å². The average molecular weight is 733 g/mol. The van der Waals surface area contributed by atoms with Crippen LogP contribution >= 0.6 is 11.8 Å². The van der Waals surface area contributed by atoms with E-state index in [1.165, 1.54) is 27.7 Å². The Balaban J connectivity index is 0.00000423. The standard InChI is InChI=1S/C25H36N10O6S.HI/c1-13-20-19(14(2)29-18(37)10-33-12-28-30-31-33)24(39)34(20)21(25(40)41)22(13)42-15-8-16(27-9-15)23(38)32-4-6-35(3,7-5-32)11-17(26)36;/h12-16,19-20,27H,4-11H2,1-3H3,(H3-,26,29,36,37,40,41);1H/t13-,14-,15+,16+,19-,20-;/m1./s1. The number of quaternary nitrogens is 1. The highest BCUT2D eigenvalue weighted by Gasteiger charge is 2.60. The van der Waals surface area contributed by atoms with E-state index in [9.17, 15) is 29.1 Å². The van der Waals surface area contributed by atoms with Gasteiger partial charge < -0.3 is 59.7 Å². The van der Waals surface area contributed by atoms with Gasteiger partial charge in [0.1, 0.15) is 18.6 Å². The van der Waals surface area contributed by atoms with Gasteiger partial charge in [0.15, 0.2) is 6.54 Å². The predicted octanol–water partition coefficient (Wildman–Crippen LogP) is -5.81. The molecule has 5 heterocycles. The molecule has 43 heavy (non-hydrogen) atoms. The maximum Gasteiger partial charge on any atom is 0.353 e. The molecule has 0 unspecified atom stereocenters. The third kappa shape index (κ3) is 6.65. The van der Waals surface area contributed by atoms with Crippen LogP contribution in [0.25, 0.3) is 0 Å². The Morgan fingerprint density at radius 3 is 2.58 bits per heavy atom. The molecule has 236 valence electrons. The first-order valence-electron chi connectivity index (χ1n) is 14.0. The number of likely N-dealkylation sites (N-methyl/N-ethyl adjacent to an activating group) is 1. The van der Waals surface area contributed by atoms with Crippen molar-refractivity contribution in [2.24, 2.45) is 17.6 Å². The Labute approximate surface area is 269 Å². The number of thioether (sulfide) groups is 1. The second kappa shape index (κ2) is 13.0. The van der Waals surface area contributed by atoms with Gasteiger partial charge >= 0.3 is 5.97 Å². The lowest BCUT2D eigenvalue weighted by molar-refractivity contribution is -0.905. The monoisotopic (exact) mass is 732 g/mol. The summed E-state index contributed by atoms with van der Waals surface area (Å²) >= 11 is 1.42. The number of amides is 4. The predicted molar refractivity (Wildman–Crippen MR) is 148 cm³/mol. The summed E-state index contributed by atoms with van der Waals surface area (Å²) in [6.45, 7) is 6.69. The number of carboxylic acids is 1. The minimum absolute atomic E-state index is 0. The number of nitrogens with zero attached hydrogens (tertiary/aromatic N) is 7. The quantitative estimate of drug-likeness (QED) is 0.101. The van der Waals surface area contributed by atoms with Gasteiger partial charge in [-0.1, -0.05) is 6.92 Å².